The Hall–Kier alpha value is -1.46. The van der Waals surface area contributed by atoms with E-state index in [0.717, 1.165) is 6.42 Å². The number of nitrogens with one attached hydrogen (secondary N) is 2. The average molecular weight is 223 g/mol. The van der Waals surface area contributed by atoms with Crippen molar-refractivity contribution in [3.63, 3.8) is 0 Å². The summed E-state index contributed by atoms with van der Waals surface area (Å²) in [6.07, 6.45) is 3.45. The number of hydrogen-bond donors (Lipinski definition) is 2. The van der Waals surface area contributed by atoms with E-state index in [-0.39, 0.29) is 17.8 Å². The molecule has 1 amide bonds. The molecule has 2 rings (SSSR count). The van der Waals surface area contributed by atoms with Crippen molar-refractivity contribution in [3.05, 3.63) is 5.82 Å². The van der Waals surface area contributed by atoms with Crippen LogP contribution in [0.2, 0.25) is 0 Å². The van der Waals surface area contributed by atoms with Gasteiger partial charge in [-0.15, -0.1) is 10.2 Å². The number of nitrogens with zero attached hydrogens (tertiary/aromatic N) is 3. The number of rotatable bonds is 2. The summed E-state index contributed by atoms with van der Waals surface area (Å²) in [7, 11) is 0. The van der Waals surface area contributed by atoms with Gasteiger partial charge in [0, 0.05) is 6.04 Å². The minimum atomic E-state index is -0.236. The van der Waals surface area contributed by atoms with Gasteiger partial charge in [0.25, 0.3) is 11.7 Å². The predicted octanol–water partition coefficient (Wildman–Crippen LogP) is 0.754. The quantitative estimate of drug-likeness (QED) is 0.775. The SMILES string of the molecule is CC1CCCC(NC(=O)c2nn[nH]n2)C1C. The number of H-pyrrole nitrogens is 1. The molecule has 0 aromatic carbocycles. The molecule has 1 heterocycles. The molecule has 1 aliphatic rings. The maximum atomic E-state index is 11.7. The standard InChI is InChI=1S/C10H17N5O/c1-6-4-3-5-8(7(6)2)11-10(16)9-12-14-15-13-9/h6-8H,3-5H2,1-2H3,(H,11,16)(H,12,13,14,15). The lowest BCUT2D eigenvalue weighted by Gasteiger charge is -2.34. The van der Waals surface area contributed by atoms with Gasteiger partial charge in [-0.3, -0.25) is 4.79 Å². The van der Waals surface area contributed by atoms with E-state index >= 15 is 0 Å². The number of amides is 1. The molecule has 3 unspecified atom stereocenters. The maximum Gasteiger partial charge on any atom is 0.293 e. The number of hydrogen-bond acceptors (Lipinski definition) is 4. The Labute approximate surface area is 94.2 Å². The van der Waals surface area contributed by atoms with Crippen LogP contribution in [0.5, 0.6) is 0 Å². The highest BCUT2D eigenvalue weighted by molar-refractivity contribution is 5.90. The first kappa shape index (κ1) is 11.0. The summed E-state index contributed by atoms with van der Waals surface area (Å²) in [6.45, 7) is 4.42. The monoisotopic (exact) mass is 223 g/mol. The molecule has 1 saturated carbocycles. The van der Waals surface area contributed by atoms with Crippen LogP contribution in [0.15, 0.2) is 0 Å². The molecular formula is C10H17N5O. The van der Waals surface area contributed by atoms with Gasteiger partial charge in [0.15, 0.2) is 0 Å². The summed E-state index contributed by atoms with van der Waals surface area (Å²) >= 11 is 0. The van der Waals surface area contributed by atoms with E-state index in [1.165, 1.54) is 12.8 Å². The van der Waals surface area contributed by atoms with Crippen molar-refractivity contribution in [1.82, 2.24) is 25.9 Å². The Morgan fingerprint density at radius 3 is 2.94 bits per heavy atom. The summed E-state index contributed by atoms with van der Waals surface area (Å²) in [6, 6.07) is 0.231. The van der Waals surface area contributed by atoms with Crippen LogP contribution in [-0.4, -0.2) is 32.6 Å². The molecule has 0 aliphatic heterocycles. The van der Waals surface area contributed by atoms with Gasteiger partial charge in [-0.2, -0.15) is 5.21 Å². The van der Waals surface area contributed by atoms with E-state index in [1.807, 2.05) is 0 Å². The van der Waals surface area contributed by atoms with Crippen molar-refractivity contribution in [2.75, 3.05) is 0 Å². The normalized spacial score (nSPS) is 30.0. The Kier molecular flexibility index (Phi) is 3.17. The number of carbonyl (C=O) groups excluding carboxylic acids is 1. The predicted molar refractivity (Wildman–Crippen MR) is 57.6 cm³/mol. The first-order chi connectivity index (χ1) is 7.68. The molecule has 88 valence electrons. The van der Waals surface area contributed by atoms with Crippen molar-refractivity contribution >= 4 is 5.91 Å². The highest BCUT2D eigenvalue weighted by atomic mass is 16.2. The maximum absolute atomic E-state index is 11.7. The van der Waals surface area contributed by atoms with Crippen molar-refractivity contribution in [2.45, 2.75) is 39.2 Å². The third-order valence-corrected chi connectivity index (χ3v) is 3.57. The Morgan fingerprint density at radius 2 is 2.25 bits per heavy atom. The van der Waals surface area contributed by atoms with E-state index in [9.17, 15) is 4.79 Å². The zero-order chi connectivity index (χ0) is 11.5. The lowest BCUT2D eigenvalue weighted by molar-refractivity contribution is 0.0880. The molecule has 0 bridgehead atoms. The largest absolute Gasteiger partial charge is 0.346 e. The fourth-order valence-corrected chi connectivity index (χ4v) is 2.28. The summed E-state index contributed by atoms with van der Waals surface area (Å²) in [5, 5.41) is 16.0. The molecule has 0 radical (unpaired) electrons. The van der Waals surface area contributed by atoms with Crippen LogP contribution in [0.25, 0.3) is 0 Å². The van der Waals surface area contributed by atoms with Gasteiger partial charge in [-0.1, -0.05) is 26.7 Å². The number of tetrazole rings is 1. The summed E-state index contributed by atoms with van der Waals surface area (Å²) in [4.78, 5) is 11.7. The molecule has 3 atom stereocenters. The second-order valence-electron chi connectivity index (χ2n) is 4.58. The van der Waals surface area contributed by atoms with Crippen LogP contribution < -0.4 is 5.32 Å². The lowest BCUT2D eigenvalue weighted by atomic mass is 9.78. The van der Waals surface area contributed by atoms with Gasteiger partial charge in [-0.25, -0.2) is 0 Å². The van der Waals surface area contributed by atoms with Crippen LogP contribution in [0.3, 0.4) is 0 Å². The van der Waals surface area contributed by atoms with Crippen molar-refractivity contribution in [2.24, 2.45) is 11.8 Å². The molecule has 1 aromatic heterocycles. The van der Waals surface area contributed by atoms with Crippen LogP contribution >= 0.6 is 0 Å². The Bertz CT molecular complexity index is 350. The van der Waals surface area contributed by atoms with Crippen molar-refractivity contribution < 1.29 is 4.79 Å². The molecule has 1 fully saturated rings. The van der Waals surface area contributed by atoms with Gasteiger partial charge in [0.2, 0.25) is 0 Å². The molecular weight excluding hydrogens is 206 g/mol. The highest BCUT2D eigenvalue weighted by Crippen LogP contribution is 2.29. The van der Waals surface area contributed by atoms with E-state index in [4.69, 9.17) is 0 Å². The molecule has 16 heavy (non-hydrogen) atoms. The van der Waals surface area contributed by atoms with Gasteiger partial charge >= 0.3 is 0 Å². The summed E-state index contributed by atoms with van der Waals surface area (Å²) in [5.74, 6) is 1.04. The van der Waals surface area contributed by atoms with Crippen molar-refractivity contribution in [1.29, 1.82) is 0 Å². The summed E-state index contributed by atoms with van der Waals surface area (Å²) < 4.78 is 0. The minimum absolute atomic E-state index is 0.116. The zero-order valence-corrected chi connectivity index (χ0v) is 9.60. The molecule has 1 aromatic rings. The van der Waals surface area contributed by atoms with Crippen LogP contribution in [0.4, 0.5) is 0 Å². The topological polar surface area (TPSA) is 83.6 Å². The third kappa shape index (κ3) is 2.20. The average Bonchev–Trinajstić information content (AvgIpc) is 2.78. The number of carbonyl (C=O) groups is 1. The first-order valence-corrected chi connectivity index (χ1v) is 5.73. The molecule has 6 nitrogen and oxygen atoms in total. The minimum Gasteiger partial charge on any atom is -0.346 e. The van der Waals surface area contributed by atoms with E-state index < -0.39 is 0 Å². The van der Waals surface area contributed by atoms with E-state index in [2.05, 4.69) is 39.8 Å². The van der Waals surface area contributed by atoms with Crippen LogP contribution in [0.1, 0.15) is 43.7 Å². The zero-order valence-electron chi connectivity index (χ0n) is 9.60. The number of aromatic amines is 1. The van der Waals surface area contributed by atoms with Crippen LogP contribution in [0, 0.1) is 11.8 Å². The second-order valence-corrected chi connectivity index (χ2v) is 4.58. The number of aromatic nitrogens is 4. The molecule has 6 heteroatoms. The van der Waals surface area contributed by atoms with E-state index in [1.54, 1.807) is 0 Å². The van der Waals surface area contributed by atoms with Gasteiger partial charge < -0.3 is 5.32 Å². The van der Waals surface area contributed by atoms with Gasteiger partial charge in [-0.05, 0) is 23.5 Å². The molecule has 2 N–H and O–H groups in total. The Morgan fingerprint density at radius 1 is 1.44 bits per heavy atom. The smallest absolute Gasteiger partial charge is 0.293 e. The van der Waals surface area contributed by atoms with Gasteiger partial charge in [0.05, 0.1) is 0 Å². The van der Waals surface area contributed by atoms with Crippen LogP contribution in [-0.2, 0) is 0 Å². The second kappa shape index (κ2) is 4.59. The Balaban J connectivity index is 1.96. The van der Waals surface area contributed by atoms with Crippen molar-refractivity contribution in [3.8, 4) is 0 Å². The molecule has 0 spiro atoms. The highest BCUT2D eigenvalue weighted by Gasteiger charge is 2.29. The van der Waals surface area contributed by atoms with Gasteiger partial charge in [0.1, 0.15) is 0 Å². The third-order valence-electron chi connectivity index (χ3n) is 3.57. The molecule has 1 aliphatic carbocycles. The fourth-order valence-electron chi connectivity index (χ4n) is 2.28. The summed E-state index contributed by atoms with van der Waals surface area (Å²) in [5.41, 5.74) is 0. The lowest BCUT2D eigenvalue weighted by Crippen LogP contribution is -2.44. The first-order valence-electron chi connectivity index (χ1n) is 5.73. The van der Waals surface area contributed by atoms with E-state index in [0.29, 0.717) is 11.8 Å². The molecule has 0 saturated heterocycles. The fraction of sp³-hybridized carbons (Fsp3) is 0.800.